The largest absolute Gasteiger partial charge is 0.459 e. The lowest BCUT2D eigenvalue weighted by molar-refractivity contribution is -0.157. The maximum absolute atomic E-state index is 14.8. The van der Waals surface area contributed by atoms with Gasteiger partial charge in [-0.1, -0.05) is 39.2 Å². The minimum atomic E-state index is -1.13. The van der Waals surface area contributed by atoms with Crippen LogP contribution in [0.2, 0.25) is 0 Å². The standard InChI is InChI=1S/C43H65N5O7/c1-5-6-14-31(36(50)38(52)44-18-15-32(49)55-42(4)16-10-11-17-42)45-37(51)35-33-30(41(33,2)3)25-48(35)39(53)34(29-12-8-7-9-13-29)46-40(54)47-43-22-26-19-27(23-43)21-28(20-26)24-43/h5,26-31,33-35H,1,6-25H2,2-4H3,(H,44,52)(H,45,51)(H2,46,47,54). The number of likely N-dealkylation sites (tertiary alicyclic amines) is 1. The van der Waals surface area contributed by atoms with E-state index in [-0.39, 0.29) is 60.0 Å². The van der Waals surface area contributed by atoms with Gasteiger partial charge in [-0.05, 0) is 138 Å². The van der Waals surface area contributed by atoms with Crippen molar-refractivity contribution in [2.24, 2.45) is 40.9 Å². The van der Waals surface area contributed by atoms with Gasteiger partial charge in [0.1, 0.15) is 17.7 Å². The average Bonchev–Trinajstić information content (AvgIpc) is 3.47. The second kappa shape index (κ2) is 15.8. The van der Waals surface area contributed by atoms with Crippen LogP contribution in [0.3, 0.4) is 0 Å². The fourth-order valence-electron chi connectivity index (χ4n) is 12.4. The van der Waals surface area contributed by atoms with Gasteiger partial charge in [-0.15, -0.1) is 6.58 Å². The molecule has 1 saturated heterocycles. The summed E-state index contributed by atoms with van der Waals surface area (Å²) in [6.07, 6.45) is 17.3. The summed E-state index contributed by atoms with van der Waals surface area (Å²) in [5, 5.41) is 12.0. The fourth-order valence-corrected chi connectivity index (χ4v) is 12.4. The molecule has 0 aromatic rings. The van der Waals surface area contributed by atoms with Gasteiger partial charge >= 0.3 is 12.0 Å². The van der Waals surface area contributed by atoms with Crippen molar-refractivity contribution in [3.05, 3.63) is 12.7 Å². The van der Waals surface area contributed by atoms with Crippen molar-refractivity contribution in [2.75, 3.05) is 13.1 Å². The highest BCUT2D eigenvalue weighted by Gasteiger charge is 2.70. The summed E-state index contributed by atoms with van der Waals surface area (Å²) in [6, 6.07) is -3.00. The summed E-state index contributed by atoms with van der Waals surface area (Å²) in [5.74, 6) is -0.834. The molecule has 5 amide bonds. The molecule has 12 heteroatoms. The molecule has 8 rings (SSSR count). The quantitative estimate of drug-likeness (QED) is 0.103. The zero-order valence-electron chi connectivity index (χ0n) is 33.4. The summed E-state index contributed by atoms with van der Waals surface area (Å²) < 4.78 is 5.64. The smallest absolute Gasteiger partial charge is 0.315 e. The Morgan fingerprint density at radius 2 is 1.51 bits per heavy atom. The first-order valence-electron chi connectivity index (χ1n) is 21.6. The number of ketones is 1. The Balaban J connectivity index is 1.01. The second-order valence-electron chi connectivity index (χ2n) is 19.5. The van der Waals surface area contributed by atoms with E-state index in [1.807, 2.05) is 6.92 Å². The van der Waals surface area contributed by atoms with E-state index in [2.05, 4.69) is 41.7 Å². The van der Waals surface area contributed by atoms with Crippen LogP contribution in [0.5, 0.6) is 0 Å². The number of nitrogens with zero attached hydrogens (tertiary/aromatic N) is 1. The number of urea groups is 1. The number of esters is 1. The Labute approximate surface area is 326 Å². The van der Waals surface area contributed by atoms with E-state index >= 15 is 0 Å². The molecule has 4 bridgehead atoms. The molecular formula is C43H65N5O7. The molecule has 0 radical (unpaired) electrons. The van der Waals surface area contributed by atoms with Crippen LogP contribution in [0.1, 0.15) is 136 Å². The molecule has 8 fully saturated rings. The predicted molar refractivity (Wildman–Crippen MR) is 206 cm³/mol. The number of fused-ring (bicyclic) bond motifs is 1. The molecule has 1 aliphatic heterocycles. The first-order chi connectivity index (χ1) is 26.2. The van der Waals surface area contributed by atoms with Crippen molar-refractivity contribution in [3.63, 3.8) is 0 Å². The van der Waals surface area contributed by atoms with Crippen LogP contribution in [-0.2, 0) is 28.7 Å². The number of carbonyl (C=O) groups excluding carboxylic acids is 6. The number of carbonyl (C=O) groups is 6. The van der Waals surface area contributed by atoms with Crippen LogP contribution in [0.25, 0.3) is 0 Å². The summed E-state index contributed by atoms with van der Waals surface area (Å²) in [5.41, 5.74) is -0.851. The highest BCUT2D eigenvalue weighted by Crippen LogP contribution is 2.65. The predicted octanol–water partition coefficient (Wildman–Crippen LogP) is 5.09. The minimum absolute atomic E-state index is 0.0269. The molecule has 0 aromatic carbocycles. The van der Waals surface area contributed by atoms with Crippen molar-refractivity contribution >= 4 is 35.5 Å². The highest BCUT2D eigenvalue weighted by atomic mass is 16.6. The SMILES string of the molecule is C=CCCC(NC(=O)C1C2C(CN1C(=O)C(NC(=O)NC13CC4CC(CC(C4)C1)C3)C1CCCCC1)C2(C)C)C(=O)C(=O)NCCC(=O)OC1(C)CCCC1. The zero-order chi connectivity index (χ0) is 39.1. The van der Waals surface area contributed by atoms with Crippen LogP contribution in [-0.4, -0.2) is 82.8 Å². The maximum atomic E-state index is 14.8. The molecule has 5 atom stereocenters. The van der Waals surface area contributed by atoms with E-state index in [1.54, 1.807) is 11.0 Å². The molecule has 7 saturated carbocycles. The van der Waals surface area contributed by atoms with Crippen LogP contribution >= 0.6 is 0 Å². The maximum Gasteiger partial charge on any atom is 0.315 e. The molecule has 55 heavy (non-hydrogen) atoms. The van der Waals surface area contributed by atoms with Gasteiger partial charge in [-0.25, -0.2) is 4.79 Å². The molecule has 12 nitrogen and oxygen atoms in total. The Kier molecular flexibility index (Phi) is 11.5. The lowest BCUT2D eigenvalue weighted by Crippen LogP contribution is -2.64. The average molecular weight is 764 g/mol. The van der Waals surface area contributed by atoms with Gasteiger partial charge in [0, 0.05) is 18.6 Å². The van der Waals surface area contributed by atoms with Gasteiger partial charge < -0.3 is 30.9 Å². The third-order valence-corrected chi connectivity index (χ3v) is 15.0. The van der Waals surface area contributed by atoms with Crippen molar-refractivity contribution in [3.8, 4) is 0 Å². The topological polar surface area (TPSA) is 163 Å². The Hall–Kier alpha value is -3.44. The monoisotopic (exact) mass is 763 g/mol. The number of allylic oxidation sites excluding steroid dienone is 1. The summed E-state index contributed by atoms with van der Waals surface area (Å²) >= 11 is 0. The van der Waals surface area contributed by atoms with Crippen molar-refractivity contribution in [1.29, 1.82) is 0 Å². The first-order valence-corrected chi connectivity index (χ1v) is 21.6. The Morgan fingerprint density at radius 3 is 2.13 bits per heavy atom. The highest BCUT2D eigenvalue weighted by molar-refractivity contribution is 6.38. The van der Waals surface area contributed by atoms with Crippen LogP contribution in [0.15, 0.2) is 12.7 Å². The first kappa shape index (κ1) is 39.8. The van der Waals surface area contributed by atoms with Gasteiger partial charge in [0.25, 0.3) is 5.91 Å². The van der Waals surface area contributed by atoms with Crippen molar-refractivity contribution in [1.82, 2.24) is 26.2 Å². The van der Waals surface area contributed by atoms with E-state index in [1.165, 1.54) is 19.3 Å². The van der Waals surface area contributed by atoms with E-state index in [0.717, 1.165) is 77.0 Å². The molecule has 1 heterocycles. The summed E-state index contributed by atoms with van der Waals surface area (Å²) in [6.45, 7) is 10.2. The third-order valence-electron chi connectivity index (χ3n) is 15.0. The molecule has 4 N–H and O–H groups in total. The van der Waals surface area contributed by atoms with Crippen LogP contribution in [0.4, 0.5) is 4.79 Å². The molecule has 0 spiro atoms. The number of hydrogen-bond acceptors (Lipinski definition) is 7. The van der Waals surface area contributed by atoms with Crippen LogP contribution < -0.4 is 21.3 Å². The number of amides is 5. The molecule has 304 valence electrons. The van der Waals surface area contributed by atoms with E-state index in [9.17, 15) is 28.8 Å². The number of nitrogens with one attached hydrogen (secondary N) is 4. The fraction of sp³-hybridized carbons (Fsp3) is 0.814. The number of Topliss-reactive ketones (excluding diaryl/α,β-unsaturated/α-hetero) is 1. The zero-order valence-corrected chi connectivity index (χ0v) is 33.4. The van der Waals surface area contributed by atoms with E-state index in [0.29, 0.717) is 30.7 Å². The van der Waals surface area contributed by atoms with Gasteiger partial charge in [0.05, 0.1) is 12.5 Å². The van der Waals surface area contributed by atoms with Crippen molar-refractivity contribution < 1.29 is 33.5 Å². The normalized spacial score (nSPS) is 33.5. The number of hydrogen-bond donors (Lipinski definition) is 4. The van der Waals surface area contributed by atoms with Gasteiger partial charge in [0.2, 0.25) is 17.6 Å². The third kappa shape index (κ3) is 8.48. The summed E-state index contributed by atoms with van der Waals surface area (Å²) in [4.78, 5) is 83.7. The van der Waals surface area contributed by atoms with E-state index < -0.39 is 47.3 Å². The number of rotatable bonds is 15. The second-order valence-corrected chi connectivity index (χ2v) is 19.5. The van der Waals surface area contributed by atoms with Gasteiger partial charge in [-0.2, -0.15) is 0 Å². The van der Waals surface area contributed by atoms with Gasteiger partial charge in [-0.3, -0.25) is 24.0 Å². The van der Waals surface area contributed by atoms with E-state index in [4.69, 9.17) is 4.74 Å². The lowest BCUT2D eigenvalue weighted by Gasteiger charge is -2.56. The van der Waals surface area contributed by atoms with Gasteiger partial charge in [0.15, 0.2) is 0 Å². The molecule has 8 aliphatic rings. The number of ether oxygens (including phenoxy) is 1. The number of piperidine rings is 1. The molecular weight excluding hydrogens is 699 g/mol. The summed E-state index contributed by atoms with van der Waals surface area (Å²) in [7, 11) is 0. The molecule has 0 aromatic heterocycles. The molecule has 7 aliphatic carbocycles. The lowest BCUT2D eigenvalue weighted by atomic mass is 9.53. The Bertz CT molecular complexity index is 1490. The van der Waals surface area contributed by atoms with Crippen LogP contribution in [0, 0.1) is 40.9 Å². The molecule has 5 unspecified atom stereocenters. The van der Waals surface area contributed by atoms with Crippen molar-refractivity contribution in [2.45, 2.75) is 166 Å². The minimum Gasteiger partial charge on any atom is -0.459 e. The Morgan fingerprint density at radius 1 is 0.873 bits per heavy atom.